The lowest BCUT2D eigenvalue weighted by molar-refractivity contribution is -0.146. The Morgan fingerprint density at radius 1 is 1.03 bits per heavy atom. The van der Waals surface area contributed by atoms with Gasteiger partial charge in [0.05, 0.1) is 11.0 Å². The third-order valence-electron chi connectivity index (χ3n) is 9.86. The zero-order valence-electron chi connectivity index (χ0n) is 18.2. The van der Waals surface area contributed by atoms with Crippen LogP contribution in [-0.2, 0) is 4.74 Å². The lowest BCUT2D eigenvalue weighted by Crippen LogP contribution is -2.56. The van der Waals surface area contributed by atoms with Crippen LogP contribution >= 0.6 is 11.3 Å². The van der Waals surface area contributed by atoms with Crippen molar-refractivity contribution in [1.82, 2.24) is 0 Å². The Kier molecular flexibility index (Phi) is 4.93. The summed E-state index contributed by atoms with van der Waals surface area (Å²) >= 11 is 1.66. The van der Waals surface area contributed by atoms with E-state index in [2.05, 4.69) is 31.1 Å². The molecule has 158 valence electrons. The Balaban J connectivity index is 1.35. The van der Waals surface area contributed by atoms with Crippen molar-refractivity contribution in [3.63, 3.8) is 0 Å². The van der Waals surface area contributed by atoms with Gasteiger partial charge in [0, 0.05) is 7.11 Å². The van der Waals surface area contributed by atoms with Crippen LogP contribution in [0.1, 0.15) is 76.5 Å². The highest BCUT2D eigenvalue weighted by atomic mass is 32.1. The monoisotopic (exact) mass is 412 g/mol. The molecular weight excluding hydrogens is 376 g/mol. The average molecular weight is 413 g/mol. The van der Waals surface area contributed by atoms with Crippen molar-refractivity contribution in [3.05, 3.63) is 22.4 Å². The molecule has 4 aliphatic carbocycles. The van der Waals surface area contributed by atoms with E-state index in [0.29, 0.717) is 22.9 Å². The van der Waals surface area contributed by atoms with Crippen LogP contribution in [0.4, 0.5) is 0 Å². The Bertz CT molecular complexity index is 806. The van der Waals surface area contributed by atoms with Gasteiger partial charge in [-0.25, -0.2) is 0 Å². The molecule has 2 nitrogen and oxygen atoms in total. The summed E-state index contributed by atoms with van der Waals surface area (Å²) in [5.74, 6) is 9.66. The highest BCUT2D eigenvalue weighted by Gasteiger charge is 2.61. The molecule has 0 radical (unpaired) electrons. The van der Waals surface area contributed by atoms with E-state index < -0.39 is 5.60 Å². The van der Waals surface area contributed by atoms with E-state index in [1.165, 1.54) is 38.5 Å². The SMILES string of the molecule is CO[C@H]1CC[C@H]2[C@@H]3CC[C@@H]4C[C@@](O)(C#Cc5cccs5)CC[C@]4(C)[C@H]3CC[C@]12C. The fourth-order valence-electron chi connectivity index (χ4n) is 8.23. The average Bonchev–Trinajstić information content (AvgIpc) is 3.34. The molecule has 0 aliphatic heterocycles. The number of hydrogen-bond acceptors (Lipinski definition) is 3. The minimum Gasteiger partial charge on any atom is -0.381 e. The van der Waals surface area contributed by atoms with Gasteiger partial charge in [0.15, 0.2) is 0 Å². The molecule has 0 spiro atoms. The van der Waals surface area contributed by atoms with Crippen molar-refractivity contribution < 1.29 is 9.84 Å². The maximum atomic E-state index is 11.3. The molecule has 0 aromatic carbocycles. The van der Waals surface area contributed by atoms with Crippen LogP contribution in [-0.4, -0.2) is 23.9 Å². The molecule has 4 fully saturated rings. The van der Waals surface area contributed by atoms with Crippen molar-refractivity contribution in [1.29, 1.82) is 0 Å². The van der Waals surface area contributed by atoms with E-state index in [4.69, 9.17) is 4.74 Å². The zero-order valence-corrected chi connectivity index (χ0v) is 19.1. The van der Waals surface area contributed by atoms with Crippen molar-refractivity contribution in [3.8, 4) is 11.8 Å². The second-order valence-corrected chi connectivity index (χ2v) is 11.9. The molecule has 29 heavy (non-hydrogen) atoms. The van der Waals surface area contributed by atoms with E-state index in [1.807, 2.05) is 19.2 Å². The summed E-state index contributed by atoms with van der Waals surface area (Å²) in [6.07, 6.45) is 11.2. The molecule has 5 rings (SSSR count). The third-order valence-corrected chi connectivity index (χ3v) is 10.6. The highest BCUT2D eigenvalue weighted by molar-refractivity contribution is 7.10. The maximum Gasteiger partial charge on any atom is 0.126 e. The predicted octanol–water partition coefficient (Wildman–Crippen LogP) is 5.89. The molecule has 0 bridgehead atoms. The summed E-state index contributed by atoms with van der Waals surface area (Å²) in [4.78, 5) is 1.07. The molecule has 1 N–H and O–H groups in total. The lowest BCUT2D eigenvalue weighted by Gasteiger charge is -2.61. The fourth-order valence-corrected chi connectivity index (χ4v) is 8.80. The van der Waals surface area contributed by atoms with Crippen molar-refractivity contribution >= 4 is 11.3 Å². The van der Waals surface area contributed by atoms with Crippen LogP contribution in [0, 0.1) is 46.3 Å². The minimum absolute atomic E-state index is 0.381. The van der Waals surface area contributed by atoms with Gasteiger partial charge >= 0.3 is 0 Å². The topological polar surface area (TPSA) is 29.5 Å². The molecule has 1 heterocycles. The molecule has 8 atom stereocenters. The Morgan fingerprint density at radius 3 is 2.62 bits per heavy atom. The molecule has 4 aliphatic rings. The van der Waals surface area contributed by atoms with Gasteiger partial charge in [-0.1, -0.05) is 31.8 Å². The standard InChI is InChI=1S/C26H36O2S/c1-24-14-15-26(27,13-10-19-5-4-16-29-19)17-18(24)6-7-20-21-8-9-23(28-3)25(21,2)12-11-22(20)24/h4-5,16,18,20-23,27H,6-9,11-12,14-15,17H2,1-3H3/t18-,20+,21+,22+,23+,24+,25+,26-/m1/s1. The quantitative estimate of drug-likeness (QED) is 0.583. The highest BCUT2D eigenvalue weighted by Crippen LogP contribution is 2.67. The minimum atomic E-state index is -0.793. The molecule has 3 heteroatoms. The summed E-state index contributed by atoms with van der Waals surface area (Å²) in [7, 11) is 1.92. The Labute approximate surface area is 180 Å². The van der Waals surface area contributed by atoms with Crippen LogP contribution in [0.2, 0.25) is 0 Å². The molecule has 0 saturated heterocycles. The molecule has 4 saturated carbocycles. The molecular formula is C26H36O2S. The van der Waals surface area contributed by atoms with Crippen LogP contribution in [0.5, 0.6) is 0 Å². The van der Waals surface area contributed by atoms with Gasteiger partial charge in [0.1, 0.15) is 5.60 Å². The van der Waals surface area contributed by atoms with Crippen LogP contribution in [0.15, 0.2) is 17.5 Å². The van der Waals surface area contributed by atoms with Gasteiger partial charge in [0.25, 0.3) is 0 Å². The van der Waals surface area contributed by atoms with Crippen LogP contribution in [0.25, 0.3) is 0 Å². The second kappa shape index (κ2) is 7.11. The van der Waals surface area contributed by atoms with Gasteiger partial charge in [-0.3, -0.25) is 0 Å². The van der Waals surface area contributed by atoms with Crippen molar-refractivity contribution in [2.45, 2.75) is 83.3 Å². The largest absolute Gasteiger partial charge is 0.381 e. The number of fused-ring (bicyclic) bond motifs is 5. The first kappa shape index (κ1) is 20.1. The van der Waals surface area contributed by atoms with Gasteiger partial charge < -0.3 is 9.84 Å². The molecule has 0 unspecified atom stereocenters. The molecule has 1 aromatic rings. The summed E-state index contributed by atoms with van der Waals surface area (Å²) in [5.41, 5.74) is -0.0222. The number of thiophene rings is 1. The predicted molar refractivity (Wildman–Crippen MR) is 119 cm³/mol. The van der Waals surface area contributed by atoms with Crippen molar-refractivity contribution in [2.75, 3.05) is 7.11 Å². The number of ether oxygens (including phenoxy) is 1. The van der Waals surface area contributed by atoms with E-state index in [-0.39, 0.29) is 0 Å². The van der Waals surface area contributed by atoms with E-state index in [1.54, 1.807) is 11.3 Å². The van der Waals surface area contributed by atoms with Crippen molar-refractivity contribution in [2.24, 2.45) is 34.5 Å². The first-order valence-electron chi connectivity index (χ1n) is 11.7. The maximum absolute atomic E-state index is 11.3. The van der Waals surface area contributed by atoms with E-state index >= 15 is 0 Å². The third kappa shape index (κ3) is 3.13. The number of aliphatic hydroxyl groups is 1. The fraction of sp³-hybridized carbons (Fsp3) is 0.769. The molecule has 0 amide bonds. The van der Waals surface area contributed by atoms with Gasteiger partial charge in [-0.15, -0.1) is 11.3 Å². The number of methoxy groups -OCH3 is 1. The van der Waals surface area contributed by atoms with E-state index in [0.717, 1.165) is 41.9 Å². The Hall–Kier alpha value is -0.820. The lowest BCUT2D eigenvalue weighted by atomic mass is 9.44. The zero-order chi connectivity index (χ0) is 20.3. The second-order valence-electron chi connectivity index (χ2n) is 11.0. The normalized spacial score (nSPS) is 48.8. The molecule has 1 aromatic heterocycles. The first-order chi connectivity index (χ1) is 13.9. The van der Waals surface area contributed by atoms with Gasteiger partial charge in [0.2, 0.25) is 0 Å². The van der Waals surface area contributed by atoms with Gasteiger partial charge in [-0.2, -0.15) is 0 Å². The van der Waals surface area contributed by atoms with Crippen LogP contribution in [0.3, 0.4) is 0 Å². The first-order valence-corrected chi connectivity index (χ1v) is 12.6. The number of hydrogen-bond donors (Lipinski definition) is 1. The summed E-state index contributed by atoms with van der Waals surface area (Å²) in [6.45, 7) is 5.08. The van der Waals surface area contributed by atoms with Crippen LogP contribution < -0.4 is 0 Å². The summed E-state index contributed by atoms with van der Waals surface area (Å²) in [6, 6.07) is 4.08. The van der Waals surface area contributed by atoms with Gasteiger partial charge in [-0.05, 0) is 104 Å². The number of rotatable bonds is 1. The summed E-state index contributed by atoms with van der Waals surface area (Å²) in [5, 5.41) is 13.3. The smallest absolute Gasteiger partial charge is 0.126 e. The van der Waals surface area contributed by atoms with E-state index in [9.17, 15) is 5.11 Å². The summed E-state index contributed by atoms with van der Waals surface area (Å²) < 4.78 is 5.93. The Morgan fingerprint density at radius 2 is 1.86 bits per heavy atom.